The van der Waals surface area contributed by atoms with Crippen LogP contribution >= 0.6 is 0 Å². The van der Waals surface area contributed by atoms with Crippen molar-refractivity contribution < 1.29 is 18.8 Å². The van der Waals surface area contributed by atoms with E-state index in [2.05, 4.69) is 10.5 Å². The van der Waals surface area contributed by atoms with Gasteiger partial charge in [-0.05, 0) is 18.1 Å². The molecule has 1 heterocycles. The number of rotatable bonds is 6. The first-order chi connectivity index (χ1) is 11.0. The van der Waals surface area contributed by atoms with Gasteiger partial charge in [-0.3, -0.25) is 10.1 Å². The fourth-order valence-electron chi connectivity index (χ4n) is 1.79. The third-order valence-electron chi connectivity index (χ3n) is 3.03. The van der Waals surface area contributed by atoms with E-state index in [1.54, 1.807) is 24.3 Å². The largest absolute Gasteiger partial charge is 0.493 e. The van der Waals surface area contributed by atoms with Gasteiger partial charge in [0.15, 0.2) is 18.1 Å². The molecule has 0 aliphatic heterocycles. The van der Waals surface area contributed by atoms with Crippen LogP contribution < -0.4 is 14.8 Å². The molecule has 0 atom stereocenters. The van der Waals surface area contributed by atoms with Gasteiger partial charge < -0.3 is 14.0 Å². The average Bonchev–Trinajstić information content (AvgIpc) is 3.01. The van der Waals surface area contributed by atoms with E-state index in [0.717, 1.165) is 5.69 Å². The summed E-state index contributed by atoms with van der Waals surface area (Å²) in [7, 11) is 1.46. The van der Waals surface area contributed by atoms with Crippen molar-refractivity contribution in [3.8, 4) is 17.6 Å². The second-order valence-corrected chi connectivity index (χ2v) is 5.09. The summed E-state index contributed by atoms with van der Waals surface area (Å²) in [6.07, 6.45) is 0. The van der Waals surface area contributed by atoms with Crippen LogP contribution in [0, 0.1) is 11.3 Å². The van der Waals surface area contributed by atoms with Gasteiger partial charge in [-0.2, -0.15) is 5.26 Å². The Balaban J connectivity index is 1.95. The zero-order valence-electron chi connectivity index (χ0n) is 13.1. The zero-order valence-corrected chi connectivity index (χ0v) is 13.1. The number of hydrogen-bond donors (Lipinski definition) is 1. The number of hydrogen-bond acceptors (Lipinski definition) is 6. The van der Waals surface area contributed by atoms with Crippen molar-refractivity contribution in [3.05, 3.63) is 35.5 Å². The van der Waals surface area contributed by atoms with E-state index in [9.17, 15) is 4.79 Å². The quantitative estimate of drug-likeness (QED) is 0.880. The van der Waals surface area contributed by atoms with Gasteiger partial charge in [-0.1, -0.05) is 19.0 Å². The topological polar surface area (TPSA) is 97.4 Å². The maximum absolute atomic E-state index is 11.9. The molecule has 1 N–H and O–H groups in total. The lowest BCUT2D eigenvalue weighted by atomic mass is 10.1. The highest BCUT2D eigenvalue weighted by Gasteiger charge is 2.12. The number of nitriles is 1. The van der Waals surface area contributed by atoms with Crippen molar-refractivity contribution in [2.45, 2.75) is 19.8 Å². The predicted molar refractivity (Wildman–Crippen MR) is 82.4 cm³/mol. The monoisotopic (exact) mass is 315 g/mol. The molecule has 7 nitrogen and oxygen atoms in total. The van der Waals surface area contributed by atoms with Gasteiger partial charge in [0.25, 0.3) is 5.91 Å². The van der Waals surface area contributed by atoms with E-state index in [4.69, 9.17) is 19.3 Å². The molecule has 120 valence electrons. The molecule has 0 fully saturated rings. The van der Waals surface area contributed by atoms with Gasteiger partial charge in [-0.15, -0.1) is 0 Å². The van der Waals surface area contributed by atoms with Crippen LogP contribution in [0.25, 0.3) is 0 Å². The normalized spacial score (nSPS) is 10.2. The molecule has 1 amide bonds. The summed E-state index contributed by atoms with van der Waals surface area (Å²) in [4.78, 5) is 11.9. The Morgan fingerprint density at radius 1 is 1.39 bits per heavy atom. The Kier molecular flexibility index (Phi) is 5.20. The van der Waals surface area contributed by atoms with Crippen LogP contribution in [0.2, 0.25) is 0 Å². The number of amides is 1. The van der Waals surface area contributed by atoms with Gasteiger partial charge in [-0.25, -0.2) is 0 Å². The standard InChI is InChI=1S/C16H17N3O4/c1-10(2)12-7-16(23-19-12)18-15(20)9-22-13-5-4-11(8-17)6-14(13)21-3/h4-7,10H,9H2,1-3H3,(H,18,20). The Labute approximate surface area is 133 Å². The summed E-state index contributed by atoms with van der Waals surface area (Å²) >= 11 is 0. The van der Waals surface area contributed by atoms with Crippen molar-refractivity contribution in [2.24, 2.45) is 0 Å². The maximum atomic E-state index is 11.9. The summed E-state index contributed by atoms with van der Waals surface area (Å²) in [6, 6.07) is 8.38. The molecule has 2 rings (SSSR count). The summed E-state index contributed by atoms with van der Waals surface area (Å²) in [5.41, 5.74) is 1.21. The first-order valence-electron chi connectivity index (χ1n) is 7.01. The molecular formula is C16H17N3O4. The van der Waals surface area contributed by atoms with Gasteiger partial charge in [0.05, 0.1) is 24.4 Å². The van der Waals surface area contributed by atoms with Gasteiger partial charge in [0, 0.05) is 12.1 Å². The van der Waals surface area contributed by atoms with E-state index < -0.39 is 0 Å². The van der Waals surface area contributed by atoms with Gasteiger partial charge in [0.1, 0.15) is 0 Å². The highest BCUT2D eigenvalue weighted by atomic mass is 16.5. The average molecular weight is 315 g/mol. The highest BCUT2D eigenvalue weighted by molar-refractivity contribution is 5.90. The molecule has 1 aromatic carbocycles. The Bertz CT molecular complexity index is 731. The lowest BCUT2D eigenvalue weighted by Gasteiger charge is -2.10. The summed E-state index contributed by atoms with van der Waals surface area (Å²) in [5.74, 6) is 0.862. The lowest BCUT2D eigenvalue weighted by Crippen LogP contribution is -2.20. The molecule has 7 heteroatoms. The van der Waals surface area contributed by atoms with Crippen LogP contribution in [-0.2, 0) is 4.79 Å². The van der Waals surface area contributed by atoms with E-state index >= 15 is 0 Å². The minimum Gasteiger partial charge on any atom is -0.493 e. The zero-order chi connectivity index (χ0) is 16.8. The van der Waals surface area contributed by atoms with Crippen LogP contribution in [0.15, 0.2) is 28.8 Å². The van der Waals surface area contributed by atoms with Crippen LogP contribution in [0.4, 0.5) is 5.88 Å². The molecule has 0 aliphatic carbocycles. The van der Waals surface area contributed by atoms with Crippen molar-refractivity contribution in [3.63, 3.8) is 0 Å². The molecular weight excluding hydrogens is 298 g/mol. The minimum atomic E-state index is -0.386. The van der Waals surface area contributed by atoms with E-state index in [1.807, 2.05) is 19.9 Å². The lowest BCUT2D eigenvalue weighted by molar-refractivity contribution is -0.118. The Hall–Kier alpha value is -3.01. The fraction of sp³-hybridized carbons (Fsp3) is 0.312. The fourth-order valence-corrected chi connectivity index (χ4v) is 1.79. The first kappa shape index (κ1) is 16.4. The van der Waals surface area contributed by atoms with Crippen molar-refractivity contribution in [1.29, 1.82) is 5.26 Å². The third kappa shape index (κ3) is 4.23. The highest BCUT2D eigenvalue weighted by Crippen LogP contribution is 2.27. The predicted octanol–water partition coefficient (Wildman–Crippen LogP) is 2.70. The molecule has 1 aromatic heterocycles. The summed E-state index contributed by atoms with van der Waals surface area (Å²) in [5, 5.41) is 15.3. The van der Waals surface area contributed by atoms with E-state index in [0.29, 0.717) is 17.1 Å². The second-order valence-electron chi connectivity index (χ2n) is 5.09. The van der Waals surface area contributed by atoms with Crippen LogP contribution in [0.1, 0.15) is 31.0 Å². The van der Waals surface area contributed by atoms with Crippen LogP contribution in [-0.4, -0.2) is 24.8 Å². The Morgan fingerprint density at radius 2 is 2.17 bits per heavy atom. The molecule has 0 saturated heterocycles. The molecule has 0 spiro atoms. The van der Waals surface area contributed by atoms with E-state index in [-0.39, 0.29) is 24.3 Å². The van der Waals surface area contributed by atoms with Crippen molar-refractivity contribution >= 4 is 11.8 Å². The first-order valence-corrected chi connectivity index (χ1v) is 7.01. The number of anilines is 1. The van der Waals surface area contributed by atoms with Gasteiger partial charge in [0.2, 0.25) is 5.88 Å². The smallest absolute Gasteiger partial charge is 0.264 e. The van der Waals surface area contributed by atoms with E-state index in [1.165, 1.54) is 7.11 Å². The van der Waals surface area contributed by atoms with Gasteiger partial charge >= 0.3 is 0 Å². The van der Waals surface area contributed by atoms with Crippen LogP contribution in [0.3, 0.4) is 0 Å². The number of aromatic nitrogens is 1. The SMILES string of the molecule is COc1cc(C#N)ccc1OCC(=O)Nc1cc(C(C)C)no1. The number of carbonyl (C=O) groups is 1. The van der Waals surface area contributed by atoms with Crippen molar-refractivity contribution in [2.75, 3.05) is 19.0 Å². The number of carbonyl (C=O) groups excluding carboxylic acids is 1. The third-order valence-corrected chi connectivity index (χ3v) is 3.03. The molecule has 0 aliphatic rings. The molecule has 2 aromatic rings. The summed E-state index contributed by atoms with van der Waals surface area (Å²) in [6.45, 7) is 3.73. The number of nitrogens with one attached hydrogen (secondary N) is 1. The molecule has 0 bridgehead atoms. The van der Waals surface area contributed by atoms with Crippen molar-refractivity contribution in [1.82, 2.24) is 5.16 Å². The molecule has 0 saturated carbocycles. The minimum absolute atomic E-state index is 0.212. The summed E-state index contributed by atoms with van der Waals surface area (Å²) < 4.78 is 15.6. The number of methoxy groups -OCH3 is 1. The number of nitrogens with zero attached hydrogens (tertiary/aromatic N) is 2. The molecule has 23 heavy (non-hydrogen) atoms. The maximum Gasteiger partial charge on any atom is 0.264 e. The molecule has 0 unspecified atom stereocenters. The van der Waals surface area contributed by atoms with Crippen LogP contribution in [0.5, 0.6) is 11.5 Å². The Morgan fingerprint density at radius 3 is 2.78 bits per heavy atom. The number of ether oxygens (including phenoxy) is 2. The molecule has 0 radical (unpaired) electrons. The second kappa shape index (κ2) is 7.31. The number of benzene rings is 1.